The van der Waals surface area contributed by atoms with E-state index in [1.54, 1.807) is 0 Å². The highest BCUT2D eigenvalue weighted by molar-refractivity contribution is 5.74. The highest BCUT2D eigenvalue weighted by atomic mass is 16.5. The number of aromatic nitrogens is 1. The molecule has 1 N–H and O–H groups in total. The average Bonchev–Trinajstić information content (AvgIpc) is 3.20. The van der Waals surface area contributed by atoms with E-state index in [0.717, 1.165) is 63.6 Å². The molecule has 23 heavy (non-hydrogen) atoms. The van der Waals surface area contributed by atoms with Crippen LogP contribution in [-0.4, -0.2) is 65.9 Å². The fourth-order valence-corrected chi connectivity index (χ4v) is 3.21. The first-order valence-corrected chi connectivity index (χ1v) is 8.43. The van der Waals surface area contributed by atoms with Gasteiger partial charge in [-0.1, -0.05) is 5.16 Å². The fraction of sp³-hybridized carbons (Fsp3) is 0.750. The third-order valence-corrected chi connectivity index (χ3v) is 4.60. The Morgan fingerprint density at radius 1 is 1.43 bits per heavy atom. The zero-order valence-corrected chi connectivity index (χ0v) is 14.0. The van der Waals surface area contributed by atoms with Crippen molar-refractivity contribution in [1.82, 2.24) is 20.3 Å². The molecule has 7 nitrogen and oxygen atoms in total. The topological polar surface area (TPSA) is 70.8 Å². The molecule has 0 bridgehead atoms. The molecule has 1 aromatic rings. The van der Waals surface area contributed by atoms with Gasteiger partial charge in [0.2, 0.25) is 0 Å². The largest absolute Gasteiger partial charge is 0.376 e. The zero-order valence-electron chi connectivity index (χ0n) is 14.0. The zero-order chi connectivity index (χ0) is 16.2. The minimum Gasteiger partial charge on any atom is -0.376 e. The SMILES string of the molecule is Cc1cc(CN2CCN(C(=O)N[C@H](C)[C@H]3CCCO3)CC2)no1. The Kier molecular flexibility index (Phi) is 5.17. The molecule has 0 saturated carbocycles. The highest BCUT2D eigenvalue weighted by Gasteiger charge is 2.27. The van der Waals surface area contributed by atoms with Gasteiger partial charge in [0.25, 0.3) is 0 Å². The summed E-state index contributed by atoms with van der Waals surface area (Å²) < 4.78 is 10.7. The van der Waals surface area contributed by atoms with E-state index in [4.69, 9.17) is 9.26 Å². The van der Waals surface area contributed by atoms with Gasteiger partial charge < -0.3 is 19.5 Å². The Morgan fingerprint density at radius 3 is 2.83 bits per heavy atom. The number of hydrogen-bond donors (Lipinski definition) is 1. The predicted molar refractivity (Wildman–Crippen MR) is 85.1 cm³/mol. The summed E-state index contributed by atoms with van der Waals surface area (Å²) in [6.07, 6.45) is 2.29. The van der Waals surface area contributed by atoms with E-state index >= 15 is 0 Å². The fourth-order valence-electron chi connectivity index (χ4n) is 3.21. The van der Waals surface area contributed by atoms with Crippen LogP contribution in [0.4, 0.5) is 4.79 Å². The molecule has 2 aliphatic rings. The smallest absolute Gasteiger partial charge is 0.317 e. The lowest BCUT2D eigenvalue weighted by Gasteiger charge is -2.35. The lowest BCUT2D eigenvalue weighted by atomic mass is 10.1. The second-order valence-electron chi connectivity index (χ2n) is 6.48. The van der Waals surface area contributed by atoms with Crippen molar-refractivity contribution in [3.8, 4) is 0 Å². The van der Waals surface area contributed by atoms with Crippen molar-refractivity contribution >= 4 is 6.03 Å². The van der Waals surface area contributed by atoms with Gasteiger partial charge in [0.15, 0.2) is 0 Å². The maximum atomic E-state index is 12.3. The van der Waals surface area contributed by atoms with E-state index in [2.05, 4.69) is 15.4 Å². The van der Waals surface area contributed by atoms with Crippen LogP contribution in [0.5, 0.6) is 0 Å². The molecule has 0 unspecified atom stereocenters. The summed E-state index contributed by atoms with van der Waals surface area (Å²) in [6.45, 7) is 8.69. The van der Waals surface area contributed by atoms with Crippen LogP contribution in [0.2, 0.25) is 0 Å². The molecule has 0 aromatic carbocycles. The summed E-state index contributed by atoms with van der Waals surface area (Å²) in [5, 5.41) is 7.10. The van der Waals surface area contributed by atoms with Crippen LogP contribution >= 0.6 is 0 Å². The number of urea groups is 1. The first-order chi connectivity index (χ1) is 11.1. The highest BCUT2D eigenvalue weighted by Crippen LogP contribution is 2.16. The molecule has 0 spiro atoms. The molecular formula is C16H26N4O3. The van der Waals surface area contributed by atoms with Crippen molar-refractivity contribution in [2.45, 2.75) is 45.4 Å². The van der Waals surface area contributed by atoms with Crippen molar-refractivity contribution in [3.05, 3.63) is 17.5 Å². The minimum atomic E-state index is 0.0185. The molecule has 7 heteroatoms. The molecule has 128 valence electrons. The number of carbonyl (C=O) groups is 1. The predicted octanol–water partition coefficient (Wildman–Crippen LogP) is 1.38. The van der Waals surface area contributed by atoms with Crippen LogP contribution in [0.15, 0.2) is 10.6 Å². The van der Waals surface area contributed by atoms with Crippen LogP contribution in [0.1, 0.15) is 31.2 Å². The molecular weight excluding hydrogens is 296 g/mol. The van der Waals surface area contributed by atoms with Gasteiger partial charge in [0.05, 0.1) is 17.8 Å². The number of nitrogens with zero attached hydrogens (tertiary/aromatic N) is 3. The van der Waals surface area contributed by atoms with Gasteiger partial charge in [0, 0.05) is 45.4 Å². The maximum absolute atomic E-state index is 12.3. The second kappa shape index (κ2) is 7.31. The third-order valence-electron chi connectivity index (χ3n) is 4.60. The average molecular weight is 322 g/mol. The molecule has 2 atom stereocenters. The Hall–Kier alpha value is -1.60. The number of nitrogens with one attached hydrogen (secondary N) is 1. The number of piperazine rings is 1. The summed E-state index contributed by atoms with van der Waals surface area (Å²) in [5.41, 5.74) is 0.951. The van der Waals surface area contributed by atoms with E-state index in [1.807, 2.05) is 24.8 Å². The number of aryl methyl sites for hydroxylation is 1. The van der Waals surface area contributed by atoms with Crippen LogP contribution in [0, 0.1) is 6.92 Å². The van der Waals surface area contributed by atoms with Gasteiger partial charge in [0.1, 0.15) is 5.76 Å². The van der Waals surface area contributed by atoms with E-state index in [1.165, 1.54) is 0 Å². The molecule has 0 aliphatic carbocycles. The van der Waals surface area contributed by atoms with Crippen LogP contribution < -0.4 is 5.32 Å². The van der Waals surface area contributed by atoms with Crippen molar-refractivity contribution in [1.29, 1.82) is 0 Å². The van der Waals surface area contributed by atoms with Gasteiger partial charge in [-0.05, 0) is 26.7 Å². The summed E-state index contributed by atoms with van der Waals surface area (Å²) in [4.78, 5) is 16.5. The first kappa shape index (κ1) is 16.3. The molecule has 2 fully saturated rings. The molecule has 3 rings (SSSR count). The summed E-state index contributed by atoms with van der Waals surface area (Å²) in [7, 11) is 0. The molecule has 2 amide bonds. The van der Waals surface area contributed by atoms with Crippen molar-refractivity contribution < 1.29 is 14.1 Å². The number of carbonyl (C=O) groups excluding carboxylic acids is 1. The number of rotatable bonds is 4. The van der Waals surface area contributed by atoms with Crippen LogP contribution in [0.25, 0.3) is 0 Å². The van der Waals surface area contributed by atoms with Crippen molar-refractivity contribution in [2.75, 3.05) is 32.8 Å². The Morgan fingerprint density at radius 2 is 2.22 bits per heavy atom. The lowest BCUT2D eigenvalue weighted by Crippen LogP contribution is -2.54. The van der Waals surface area contributed by atoms with E-state index in [9.17, 15) is 4.79 Å². The number of hydrogen-bond acceptors (Lipinski definition) is 5. The molecule has 1 aromatic heterocycles. The van der Waals surface area contributed by atoms with Gasteiger partial charge in [-0.3, -0.25) is 4.90 Å². The summed E-state index contributed by atoms with van der Waals surface area (Å²) in [5.74, 6) is 0.834. The molecule has 2 aliphatic heterocycles. The summed E-state index contributed by atoms with van der Waals surface area (Å²) in [6, 6.07) is 2.05. The Bertz CT molecular complexity index is 519. The second-order valence-corrected chi connectivity index (χ2v) is 6.48. The van der Waals surface area contributed by atoms with E-state index in [-0.39, 0.29) is 18.2 Å². The molecule has 3 heterocycles. The Labute approximate surface area is 136 Å². The van der Waals surface area contributed by atoms with Gasteiger partial charge in [-0.15, -0.1) is 0 Å². The van der Waals surface area contributed by atoms with Gasteiger partial charge >= 0.3 is 6.03 Å². The minimum absolute atomic E-state index is 0.0185. The van der Waals surface area contributed by atoms with E-state index in [0.29, 0.717) is 0 Å². The number of amides is 2. The molecule has 0 radical (unpaired) electrons. The van der Waals surface area contributed by atoms with Crippen molar-refractivity contribution in [2.24, 2.45) is 0 Å². The number of ether oxygens (including phenoxy) is 1. The van der Waals surface area contributed by atoms with Crippen LogP contribution in [-0.2, 0) is 11.3 Å². The van der Waals surface area contributed by atoms with Crippen LogP contribution in [0.3, 0.4) is 0 Å². The van der Waals surface area contributed by atoms with Gasteiger partial charge in [-0.25, -0.2) is 4.79 Å². The Balaban J connectivity index is 1.41. The quantitative estimate of drug-likeness (QED) is 0.907. The third kappa shape index (κ3) is 4.23. The van der Waals surface area contributed by atoms with Crippen molar-refractivity contribution in [3.63, 3.8) is 0 Å². The monoisotopic (exact) mass is 322 g/mol. The summed E-state index contributed by atoms with van der Waals surface area (Å²) >= 11 is 0. The van der Waals surface area contributed by atoms with Gasteiger partial charge in [-0.2, -0.15) is 0 Å². The molecule has 2 saturated heterocycles. The normalized spacial score (nSPS) is 23.9. The first-order valence-electron chi connectivity index (χ1n) is 8.43. The van der Waals surface area contributed by atoms with E-state index < -0.39 is 0 Å². The standard InChI is InChI=1S/C16H26N4O3/c1-12-10-14(18-23-12)11-19-5-7-20(8-6-19)16(21)17-13(2)15-4-3-9-22-15/h10,13,15H,3-9,11H2,1-2H3,(H,17,21)/t13-,15-/m1/s1. The lowest BCUT2D eigenvalue weighted by molar-refractivity contribution is 0.0799. The maximum Gasteiger partial charge on any atom is 0.317 e.